The SMILES string of the molecule is COc1cccc(C2CC(=O)Oc3cc4c(c(O)c32)C(=O)O[C@@H](C)CCCC(=O)CCC/C=C/4)c1OCC(C)C. The average Bonchev–Trinajstić information content (AvgIpc) is 2.90. The third-order valence-electron chi connectivity index (χ3n) is 7.14. The van der Waals surface area contributed by atoms with Crippen LogP contribution in [0.1, 0.15) is 98.7 Å². The zero-order valence-electron chi connectivity index (χ0n) is 23.7. The van der Waals surface area contributed by atoms with Gasteiger partial charge >= 0.3 is 11.9 Å². The Kier molecular flexibility index (Phi) is 9.50. The number of carbonyl (C=O) groups excluding carboxylic acids is 3. The Balaban J connectivity index is 1.85. The molecule has 1 N–H and O–H groups in total. The standard InChI is InChI=1S/C32H38O8/c1-19(2)18-38-31-23(14-9-15-25(31)37-4)24-17-27(34)40-26-16-21-11-6-5-7-12-22(33)13-8-10-20(3)39-32(36)28(21)30(35)29(24)26/h6,9,11,14-16,19-20,24,35H,5,7-8,10,12-13,17-18H2,1-4H3/b11-6+/t20-,24?/m0/s1. The number of rotatable bonds is 5. The van der Waals surface area contributed by atoms with Crippen LogP contribution in [0.3, 0.4) is 0 Å². The van der Waals surface area contributed by atoms with Crippen LogP contribution in [0.25, 0.3) is 6.08 Å². The normalized spacial score (nSPS) is 21.0. The summed E-state index contributed by atoms with van der Waals surface area (Å²) in [4.78, 5) is 38.4. The first kappa shape index (κ1) is 29.2. The summed E-state index contributed by atoms with van der Waals surface area (Å²) in [5, 5.41) is 11.7. The zero-order valence-corrected chi connectivity index (χ0v) is 23.7. The van der Waals surface area contributed by atoms with Gasteiger partial charge in [0.2, 0.25) is 0 Å². The highest BCUT2D eigenvalue weighted by atomic mass is 16.5. The quantitative estimate of drug-likeness (QED) is 0.339. The lowest BCUT2D eigenvalue weighted by Crippen LogP contribution is -2.24. The van der Waals surface area contributed by atoms with Crippen LogP contribution in [0, 0.1) is 5.92 Å². The van der Waals surface area contributed by atoms with Crippen LogP contribution in [0.5, 0.6) is 23.0 Å². The van der Waals surface area contributed by atoms with Crippen LogP contribution in [0.15, 0.2) is 30.3 Å². The zero-order chi connectivity index (χ0) is 28.8. The van der Waals surface area contributed by atoms with Gasteiger partial charge in [0.15, 0.2) is 11.5 Å². The molecule has 0 aliphatic carbocycles. The Morgan fingerprint density at radius 2 is 1.90 bits per heavy atom. The number of allylic oxidation sites excluding steroid dienone is 1. The van der Waals surface area contributed by atoms with E-state index in [1.807, 2.05) is 26.0 Å². The molecule has 0 radical (unpaired) electrons. The molecule has 8 nitrogen and oxygen atoms in total. The van der Waals surface area contributed by atoms with E-state index in [0.717, 1.165) is 0 Å². The van der Waals surface area contributed by atoms with E-state index in [4.69, 9.17) is 18.9 Å². The summed E-state index contributed by atoms with van der Waals surface area (Å²) in [6.45, 7) is 6.26. The van der Waals surface area contributed by atoms with Crippen molar-refractivity contribution in [1.29, 1.82) is 0 Å². The van der Waals surface area contributed by atoms with Crippen LogP contribution in [0.4, 0.5) is 0 Å². The van der Waals surface area contributed by atoms with E-state index in [1.165, 1.54) is 0 Å². The number of para-hydroxylation sites is 1. The van der Waals surface area contributed by atoms with Crippen LogP contribution in [0.2, 0.25) is 0 Å². The average molecular weight is 551 g/mol. The first-order valence-corrected chi connectivity index (χ1v) is 14.0. The number of ketones is 1. The van der Waals surface area contributed by atoms with Gasteiger partial charge in [-0.2, -0.15) is 0 Å². The molecule has 2 heterocycles. The van der Waals surface area contributed by atoms with Crippen molar-refractivity contribution in [1.82, 2.24) is 0 Å². The first-order valence-electron chi connectivity index (χ1n) is 14.0. The molecule has 0 amide bonds. The van der Waals surface area contributed by atoms with Crippen molar-refractivity contribution >= 4 is 23.8 Å². The molecule has 214 valence electrons. The third kappa shape index (κ3) is 6.66. The molecule has 2 aliphatic heterocycles. The topological polar surface area (TPSA) is 108 Å². The molecule has 1 unspecified atom stereocenters. The number of Topliss-reactive ketones (excluding diaryl/α,β-unsaturated/α-hetero) is 1. The second kappa shape index (κ2) is 13.0. The van der Waals surface area contributed by atoms with E-state index >= 15 is 0 Å². The molecule has 2 atom stereocenters. The molecular weight excluding hydrogens is 512 g/mol. The smallest absolute Gasteiger partial charge is 0.342 e. The highest BCUT2D eigenvalue weighted by Gasteiger charge is 2.37. The fourth-order valence-corrected chi connectivity index (χ4v) is 5.16. The largest absolute Gasteiger partial charge is 0.507 e. The minimum absolute atomic E-state index is 0.0190. The molecule has 2 aromatic rings. The number of hydrogen-bond acceptors (Lipinski definition) is 8. The Bertz CT molecular complexity index is 1290. The number of methoxy groups -OCH3 is 1. The number of fused-ring (bicyclic) bond motifs is 2. The minimum atomic E-state index is -0.673. The van der Waals surface area contributed by atoms with Crippen molar-refractivity contribution in [2.75, 3.05) is 13.7 Å². The van der Waals surface area contributed by atoms with E-state index in [0.29, 0.717) is 73.3 Å². The van der Waals surface area contributed by atoms with E-state index < -0.39 is 24.0 Å². The number of phenolic OH excluding ortho intramolecular Hbond substituents is 1. The van der Waals surface area contributed by atoms with Crippen LogP contribution in [-0.4, -0.2) is 42.6 Å². The van der Waals surface area contributed by atoms with Gasteiger partial charge in [-0.1, -0.05) is 38.1 Å². The number of hydrogen-bond donors (Lipinski definition) is 1. The lowest BCUT2D eigenvalue weighted by Gasteiger charge is -2.29. The maximum Gasteiger partial charge on any atom is 0.342 e. The molecule has 0 saturated heterocycles. The van der Waals surface area contributed by atoms with Crippen molar-refractivity contribution in [2.45, 2.75) is 77.7 Å². The number of benzene rings is 2. The van der Waals surface area contributed by atoms with Gasteiger partial charge in [0.1, 0.15) is 22.8 Å². The predicted molar refractivity (Wildman–Crippen MR) is 150 cm³/mol. The Hall–Kier alpha value is -3.81. The highest BCUT2D eigenvalue weighted by Crippen LogP contribution is 2.50. The van der Waals surface area contributed by atoms with Crippen molar-refractivity contribution < 1.29 is 38.4 Å². The molecule has 0 fully saturated rings. The van der Waals surface area contributed by atoms with Gasteiger partial charge in [-0.3, -0.25) is 9.59 Å². The summed E-state index contributed by atoms with van der Waals surface area (Å²) >= 11 is 0. The van der Waals surface area contributed by atoms with E-state index in [2.05, 4.69) is 0 Å². The number of phenols is 1. The van der Waals surface area contributed by atoms with Crippen LogP contribution < -0.4 is 14.2 Å². The van der Waals surface area contributed by atoms with Gasteiger partial charge < -0.3 is 24.1 Å². The second-order valence-corrected chi connectivity index (χ2v) is 10.9. The summed E-state index contributed by atoms with van der Waals surface area (Å²) in [5.41, 5.74) is 1.37. The number of ether oxygens (including phenoxy) is 4. The molecule has 40 heavy (non-hydrogen) atoms. The fraction of sp³-hybridized carbons (Fsp3) is 0.469. The molecule has 4 rings (SSSR count). The van der Waals surface area contributed by atoms with E-state index in [1.54, 1.807) is 38.3 Å². The molecule has 0 aromatic heterocycles. The van der Waals surface area contributed by atoms with Gasteiger partial charge in [0, 0.05) is 29.9 Å². The molecule has 0 bridgehead atoms. The summed E-state index contributed by atoms with van der Waals surface area (Å²) in [5.74, 6) is -0.465. The van der Waals surface area contributed by atoms with Gasteiger partial charge in [-0.15, -0.1) is 0 Å². The molecule has 2 aliphatic rings. The number of cyclic esters (lactones) is 1. The summed E-state index contributed by atoms with van der Waals surface area (Å²) in [6.07, 6.45) is 6.47. The lowest BCUT2D eigenvalue weighted by molar-refractivity contribution is -0.135. The third-order valence-corrected chi connectivity index (χ3v) is 7.14. The minimum Gasteiger partial charge on any atom is -0.507 e. The predicted octanol–water partition coefficient (Wildman–Crippen LogP) is 6.36. The fourth-order valence-electron chi connectivity index (χ4n) is 5.16. The van der Waals surface area contributed by atoms with Crippen LogP contribution in [-0.2, 0) is 14.3 Å². The lowest BCUT2D eigenvalue weighted by atomic mass is 9.83. The first-order chi connectivity index (χ1) is 19.2. The Labute approximate surface area is 235 Å². The van der Waals surface area contributed by atoms with Crippen molar-refractivity contribution in [3.63, 3.8) is 0 Å². The van der Waals surface area contributed by atoms with Crippen molar-refractivity contribution in [2.24, 2.45) is 5.92 Å². The van der Waals surface area contributed by atoms with Gasteiger partial charge in [0.05, 0.1) is 26.2 Å². The Morgan fingerprint density at radius 1 is 1.12 bits per heavy atom. The molecule has 0 saturated carbocycles. The van der Waals surface area contributed by atoms with Crippen LogP contribution >= 0.6 is 0 Å². The van der Waals surface area contributed by atoms with Gasteiger partial charge in [-0.25, -0.2) is 4.79 Å². The van der Waals surface area contributed by atoms with Crippen molar-refractivity contribution in [3.05, 3.63) is 52.6 Å². The van der Waals surface area contributed by atoms with E-state index in [9.17, 15) is 19.5 Å². The molecule has 0 spiro atoms. The summed E-state index contributed by atoms with van der Waals surface area (Å²) < 4.78 is 23.0. The maximum absolute atomic E-state index is 13.5. The summed E-state index contributed by atoms with van der Waals surface area (Å²) in [7, 11) is 1.55. The molecular formula is C32H38O8. The Morgan fingerprint density at radius 3 is 2.65 bits per heavy atom. The van der Waals surface area contributed by atoms with E-state index in [-0.39, 0.29) is 35.2 Å². The van der Waals surface area contributed by atoms with Gasteiger partial charge in [0.25, 0.3) is 0 Å². The maximum atomic E-state index is 13.5. The van der Waals surface area contributed by atoms with Gasteiger partial charge in [-0.05, 0) is 56.2 Å². The van der Waals surface area contributed by atoms with Crippen molar-refractivity contribution in [3.8, 4) is 23.0 Å². The molecule has 2 aromatic carbocycles. The monoisotopic (exact) mass is 550 g/mol. The second-order valence-electron chi connectivity index (χ2n) is 10.9. The summed E-state index contributed by atoms with van der Waals surface area (Å²) in [6, 6.07) is 7.01. The number of aromatic hydroxyl groups is 1. The number of carbonyl (C=O) groups is 3. The molecule has 8 heteroatoms. The highest BCUT2D eigenvalue weighted by molar-refractivity contribution is 5.98. The number of esters is 2.